The number of halogens is 1. The first-order valence-electron chi connectivity index (χ1n) is 7.14. The molecule has 3 N–H and O–H groups in total. The van der Waals surface area contributed by atoms with E-state index in [1.54, 1.807) is 42.1 Å². The van der Waals surface area contributed by atoms with Crippen LogP contribution in [0.25, 0.3) is 0 Å². The van der Waals surface area contributed by atoms with Crippen LogP contribution in [0.4, 0.5) is 5.69 Å². The third kappa shape index (κ3) is 4.27. The van der Waals surface area contributed by atoms with Gasteiger partial charge in [-0.2, -0.15) is 0 Å². The SMILES string of the molecule is COc1ccc(NC(=O)C(=O)NC[C@H](O)c2cccn2C)cc1Cl. The van der Waals surface area contributed by atoms with Crippen LogP contribution >= 0.6 is 11.6 Å². The molecule has 0 aliphatic heterocycles. The molecule has 2 aromatic rings. The third-order valence-corrected chi connectivity index (χ3v) is 3.69. The van der Waals surface area contributed by atoms with Gasteiger partial charge in [-0.05, 0) is 30.3 Å². The number of aliphatic hydroxyl groups is 1. The molecule has 0 spiro atoms. The van der Waals surface area contributed by atoms with E-state index in [-0.39, 0.29) is 6.54 Å². The Morgan fingerprint density at radius 3 is 2.67 bits per heavy atom. The van der Waals surface area contributed by atoms with Crippen LogP contribution in [0.1, 0.15) is 11.8 Å². The van der Waals surface area contributed by atoms with E-state index < -0.39 is 17.9 Å². The van der Waals surface area contributed by atoms with Gasteiger partial charge in [0.1, 0.15) is 11.9 Å². The van der Waals surface area contributed by atoms with Crippen molar-refractivity contribution in [2.45, 2.75) is 6.10 Å². The van der Waals surface area contributed by atoms with Crippen molar-refractivity contribution in [2.24, 2.45) is 7.05 Å². The number of amides is 2. The van der Waals surface area contributed by atoms with E-state index in [9.17, 15) is 14.7 Å². The van der Waals surface area contributed by atoms with Gasteiger partial charge in [0, 0.05) is 31.2 Å². The van der Waals surface area contributed by atoms with Crippen molar-refractivity contribution in [3.05, 3.63) is 47.2 Å². The highest BCUT2D eigenvalue weighted by Gasteiger charge is 2.17. The van der Waals surface area contributed by atoms with Crippen molar-refractivity contribution in [3.63, 3.8) is 0 Å². The molecular formula is C16H18ClN3O4. The van der Waals surface area contributed by atoms with Crippen LogP contribution in [-0.2, 0) is 16.6 Å². The number of nitrogens with one attached hydrogen (secondary N) is 2. The molecule has 0 saturated carbocycles. The number of ether oxygens (including phenoxy) is 1. The molecule has 1 atom stereocenters. The molecule has 0 saturated heterocycles. The molecule has 0 unspecified atom stereocenters. The Balaban J connectivity index is 1.89. The number of benzene rings is 1. The number of aliphatic hydroxyl groups excluding tert-OH is 1. The molecule has 24 heavy (non-hydrogen) atoms. The summed E-state index contributed by atoms with van der Waals surface area (Å²) in [6, 6.07) is 8.13. The fourth-order valence-corrected chi connectivity index (χ4v) is 2.38. The normalized spacial score (nSPS) is 11.7. The number of anilines is 1. The zero-order valence-corrected chi connectivity index (χ0v) is 14.0. The van der Waals surface area contributed by atoms with Crippen molar-refractivity contribution >= 4 is 29.1 Å². The number of nitrogens with zero attached hydrogens (tertiary/aromatic N) is 1. The monoisotopic (exact) mass is 351 g/mol. The lowest BCUT2D eigenvalue weighted by Crippen LogP contribution is -2.37. The number of hydrogen-bond donors (Lipinski definition) is 3. The van der Waals surface area contributed by atoms with Crippen molar-refractivity contribution in [1.29, 1.82) is 0 Å². The number of aryl methyl sites for hydroxylation is 1. The lowest BCUT2D eigenvalue weighted by molar-refractivity contribution is -0.136. The number of aromatic nitrogens is 1. The van der Waals surface area contributed by atoms with Gasteiger partial charge in [-0.3, -0.25) is 9.59 Å². The van der Waals surface area contributed by atoms with Crippen LogP contribution in [0, 0.1) is 0 Å². The molecular weight excluding hydrogens is 334 g/mol. The Hall–Kier alpha value is -2.51. The molecule has 7 nitrogen and oxygen atoms in total. The Morgan fingerprint density at radius 1 is 1.33 bits per heavy atom. The summed E-state index contributed by atoms with van der Waals surface area (Å²) in [6.07, 6.45) is 0.873. The van der Waals surface area contributed by atoms with Gasteiger partial charge in [-0.1, -0.05) is 11.6 Å². The molecule has 0 radical (unpaired) electrons. The second-order valence-corrected chi connectivity index (χ2v) is 5.48. The minimum atomic E-state index is -0.905. The van der Waals surface area contributed by atoms with Crippen LogP contribution in [0.5, 0.6) is 5.75 Å². The average molecular weight is 352 g/mol. The first-order valence-corrected chi connectivity index (χ1v) is 7.52. The summed E-state index contributed by atoms with van der Waals surface area (Å²) in [7, 11) is 3.26. The van der Waals surface area contributed by atoms with Gasteiger partial charge in [0.2, 0.25) is 0 Å². The van der Waals surface area contributed by atoms with Crippen LogP contribution in [0.2, 0.25) is 5.02 Å². The molecule has 1 aromatic carbocycles. The maximum Gasteiger partial charge on any atom is 0.313 e. The predicted molar refractivity (Wildman–Crippen MR) is 90.0 cm³/mol. The highest BCUT2D eigenvalue weighted by atomic mass is 35.5. The summed E-state index contributed by atoms with van der Waals surface area (Å²) < 4.78 is 6.74. The first-order chi connectivity index (χ1) is 11.4. The Morgan fingerprint density at radius 2 is 2.08 bits per heavy atom. The quantitative estimate of drug-likeness (QED) is 0.711. The summed E-state index contributed by atoms with van der Waals surface area (Å²) in [6.45, 7) is -0.0759. The lowest BCUT2D eigenvalue weighted by Gasteiger charge is -2.13. The predicted octanol–water partition coefficient (Wildman–Crippen LogP) is 1.48. The van der Waals surface area contributed by atoms with Gasteiger partial charge >= 0.3 is 11.8 Å². The lowest BCUT2D eigenvalue weighted by atomic mass is 10.2. The Bertz CT molecular complexity index is 745. The molecule has 0 aliphatic rings. The van der Waals surface area contributed by atoms with Gasteiger partial charge in [0.25, 0.3) is 0 Å². The zero-order chi connectivity index (χ0) is 17.7. The smallest absolute Gasteiger partial charge is 0.313 e. The fourth-order valence-electron chi connectivity index (χ4n) is 2.13. The minimum Gasteiger partial charge on any atom is -0.495 e. The number of carbonyl (C=O) groups excluding carboxylic acids is 2. The van der Waals surface area contributed by atoms with E-state index in [1.807, 2.05) is 0 Å². The fraction of sp³-hybridized carbons (Fsp3) is 0.250. The molecule has 1 aromatic heterocycles. The van der Waals surface area contributed by atoms with Crippen LogP contribution in [0.15, 0.2) is 36.5 Å². The van der Waals surface area contributed by atoms with Crippen molar-refractivity contribution in [2.75, 3.05) is 19.0 Å². The van der Waals surface area contributed by atoms with Crippen LogP contribution in [-0.4, -0.2) is 35.1 Å². The molecule has 2 rings (SSSR count). The summed E-state index contributed by atoms with van der Waals surface area (Å²) in [5.41, 5.74) is 1.00. The number of carbonyl (C=O) groups is 2. The Labute approximate surface area is 144 Å². The Kier molecular flexibility index (Phi) is 5.83. The van der Waals surface area contributed by atoms with E-state index in [4.69, 9.17) is 16.3 Å². The first kappa shape index (κ1) is 17.8. The van der Waals surface area contributed by atoms with Crippen molar-refractivity contribution in [1.82, 2.24) is 9.88 Å². The van der Waals surface area contributed by atoms with Gasteiger partial charge in [-0.25, -0.2) is 0 Å². The molecule has 2 amide bonds. The molecule has 8 heteroatoms. The van der Waals surface area contributed by atoms with Crippen LogP contribution < -0.4 is 15.4 Å². The summed E-state index contributed by atoms with van der Waals surface area (Å²) >= 11 is 5.95. The molecule has 0 fully saturated rings. The molecule has 128 valence electrons. The highest BCUT2D eigenvalue weighted by Crippen LogP contribution is 2.27. The van der Waals surface area contributed by atoms with E-state index in [2.05, 4.69) is 10.6 Å². The number of methoxy groups -OCH3 is 1. The topological polar surface area (TPSA) is 92.6 Å². The average Bonchev–Trinajstić information content (AvgIpc) is 2.98. The highest BCUT2D eigenvalue weighted by molar-refractivity contribution is 6.40. The maximum absolute atomic E-state index is 11.9. The summed E-state index contributed by atoms with van der Waals surface area (Å²) in [5, 5.41) is 15.1. The van der Waals surface area contributed by atoms with Gasteiger partial charge in [0.15, 0.2) is 0 Å². The minimum absolute atomic E-state index is 0.0759. The number of rotatable bonds is 5. The summed E-state index contributed by atoms with van der Waals surface area (Å²) in [5.74, 6) is -1.24. The van der Waals surface area contributed by atoms with E-state index >= 15 is 0 Å². The molecule has 1 heterocycles. The van der Waals surface area contributed by atoms with Crippen molar-refractivity contribution in [3.8, 4) is 5.75 Å². The molecule has 0 bridgehead atoms. The standard InChI is InChI=1S/C16H18ClN3O4/c1-20-7-3-4-12(20)13(21)9-18-15(22)16(23)19-10-5-6-14(24-2)11(17)8-10/h3-8,13,21H,9H2,1-2H3,(H,18,22)(H,19,23)/t13-/m0/s1. The largest absolute Gasteiger partial charge is 0.495 e. The second kappa shape index (κ2) is 7.85. The van der Waals surface area contributed by atoms with Gasteiger partial charge < -0.3 is 25.0 Å². The van der Waals surface area contributed by atoms with Gasteiger partial charge in [-0.15, -0.1) is 0 Å². The van der Waals surface area contributed by atoms with E-state index in [1.165, 1.54) is 13.2 Å². The third-order valence-electron chi connectivity index (χ3n) is 3.40. The van der Waals surface area contributed by atoms with E-state index in [0.717, 1.165) is 0 Å². The van der Waals surface area contributed by atoms with E-state index in [0.29, 0.717) is 22.2 Å². The number of hydrogen-bond acceptors (Lipinski definition) is 4. The maximum atomic E-state index is 11.9. The second-order valence-electron chi connectivity index (χ2n) is 5.07. The summed E-state index contributed by atoms with van der Waals surface area (Å²) in [4.78, 5) is 23.7. The molecule has 0 aliphatic carbocycles. The zero-order valence-electron chi connectivity index (χ0n) is 13.2. The van der Waals surface area contributed by atoms with Crippen LogP contribution in [0.3, 0.4) is 0 Å². The van der Waals surface area contributed by atoms with Gasteiger partial charge in [0.05, 0.1) is 12.1 Å². The van der Waals surface area contributed by atoms with Crippen molar-refractivity contribution < 1.29 is 19.4 Å².